The van der Waals surface area contributed by atoms with Gasteiger partial charge in [0.15, 0.2) is 16.6 Å². The Balaban J connectivity index is 1.56. The molecule has 32 heavy (non-hydrogen) atoms. The monoisotopic (exact) mass is 452 g/mol. The van der Waals surface area contributed by atoms with Gasteiger partial charge >= 0.3 is 0 Å². The van der Waals surface area contributed by atoms with Crippen LogP contribution in [0.5, 0.6) is 0 Å². The Morgan fingerprint density at radius 2 is 1.88 bits per heavy atom. The maximum absolute atomic E-state index is 5.57. The number of nitrogens with one attached hydrogen (secondary N) is 3. The molecule has 168 valence electrons. The molecule has 3 aromatic rings. The van der Waals surface area contributed by atoms with Crippen molar-refractivity contribution >= 4 is 39.9 Å². The van der Waals surface area contributed by atoms with Gasteiger partial charge in [0, 0.05) is 31.4 Å². The highest BCUT2D eigenvalue weighted by atomic mass is 32.1. The second kappa shape index (κ2) is 9.35. The standard InChI is InChI=1S/C22H28N8OS/c1-23-22(32)26-16-4-2-15(3-5-16)19-27-20(29-10-12-31-13-11-29)18-14-25-30(21(18)28-19)17-6-8-24-9-7-17/h2-5,14,17,24H,6-13H2,1H3,(H2,23,26,32). The van der Waals surface area contributed by atoms with E-state index in [0.717, 1.165) is 67.1 Å². The quantitative estimate of drug-likeness (QED) is 0.515. The topological polar surface area (TPSA) is 92.2 Å². The van der Waals surface area contributed by atoms with E-state index in [1.165, 1.54) is 0 Å². The molecule has 0 unspecified atom stereocenters. The highest BCUT2D eigenvalue weighted by Crippen LogP contribution is 2.31. The van der Waals surface area contributed by atoms with Crippen molar-refractivity contribution in [2.75, 3.05) is 56.7 Å². The van der Waals surface area contributed by atoms with Crippen molar-refractivity contribution < 1.29 is 4.74 Å². The molecular formula is C22H28N8OS. The highest BCUT2D eigenvalue weighted by molar-refractivity contribution is 7.80. The van der Waals surface area contributed by atoms with E-state index in [2.05, 4.69) is 25.5 Å². The molecule has 2 aromatic heterocycles. The Hall–Kier alpha value is -2.82. The molecule has 2 fully saturated rings. The van der Waals surface area contributed by atoms with Crippen LogP contribution < -0.4 is 20.9 Å². The summed E-state index contributed by atoms with van der Waals surface area (Å²) in [6, 6.07) is 8.38. The fourth-order valence-corrected chi connectivity index (χ4v) is 4.39. The molecule has 0 amide bonds. The number of hydrogen-bond acceptors (Lipinski definition) is 7. The van der Waals surface area contributed by atoms with Crippen molar-refractivity contribution in [3.05, 3.63) is 30.5 Å². The number of rotatable bonds is 4. The molecule has 0 atom stereocenters. The van der Waals surface area contributed by atoms with Gasteiger partial charge in [-0.15, -0.1) is 0 Å². The first-order valence-electron chi connectivity index (χ1n) is 11.1. The molecule has 9 nitrogen and oxygen atoms in total. The number of anilines is 2. The molecule has 2 aliphatic rings. The van der Waals surface area contributed by atoms with Crippen molar-refractivity contribution in [2.45, 2.75) is 18.9 Å². The van der Waals surface area contributed by atoms with Crippen LogP contribution in [0.2, 0.25) is 0 Å². The van der Waals surface area contributed by atoms with Gasteiger partial charge in [0.25, 0.3) is 0 Å². The molecule has 2 saturated heterocycles. The van der Waals surface area contributed by atoms with Crippen LogP contribution in [0.3, 0.4) is 0 Å². The van der Waals surface area contributed by atoms with Gasteiger partial charge in [-0.25, -0.2) is 14.6 Å². The summed E-state index contributed by atoms with van der Waals surface area (Å²) in [5, 5.41) is 15.9. The van der Waals surface area contributed by atoms with Crippen LogP contribution in [-0.2, 0) is 4.74 Å². The lowest BCUT2D eigenvalue weighted by atomic mass is 10.1. The minimum absolute atomic E-state index is 0.350. The van der Waals surface area contributed by atoms with E-state index in [9.17, 15) is 0 Å². The normalized spacial score (nSPS) is 17.5. The summed E-state index contributed by atoms with van der Waals surface area (Å²) in [5.41, 5.74) is 2.78. The van der Waals surface area contributed by atoms with Gasteiger partial charge in [-0.2, -0.15) is 5.10 Å². The maximum atomic E-state index is 5.57. The zero-order valence-electron chi connectivity index (χ0n) is 18.2. The molecule has 0 spiro atoms. The van der Waals surface area contributed by atoms with Crippen molar-refractivity contribution in [3.8, 4) is 11.4 Å². The zero-order chi connectivity index (χ0) is 21.9. The predicted octanol–water partition coefficient (Wildman–Crippen LogP) is 2.17. The minimum atomic E-state index is 0.350. The number of nitrogens with zero attached hydrogens (tertiary/aromatic N) is 5. The average Bonchev–Trinajstić information content (AvgIpc) is 3.29. The van der Waals surface area contributed by atoms with Crippen molar-refractivity contribution in [2.24, 2.45) is 0 Å². The number of benzene rings is 1. The first-order valence-corrected chi connectivity index (χ1v) is 11.5. The van der Waals surface area contributed by atoms with Crippen LogP contribution in [0.25, 0.3) is 22.4 Å². The van der Waals surface area contributed by atoms with E-state index in [0.29, 0.717) is 30.2 Å². The van der Waals surface area contributed by atoms with E-state index in [-0.39, 0.29) is 0 Å². The number of fused-ring (bicyclic) bond motifs is 1. The van der Waals surface area contributed by atoms with E-state index >= 15 is 0 Å². The fraction of sp³-hybridized carbons (Fsp3) is 0.455. The first-order chi connectivity index (χ1) is 15.7. The number of morpholine rings is 1. The van der Waals surface area contributed by atoms with Gasteiger partial charge in [-0.3, -0.25) is 0 Å². The van der Waals surface area contributed by atoms with E-state index < -0.39 is 0 Å². The van der Waals surface area contributed by atoms with Crippen LogP contribution in [0.1, 0.15) is 18.9 Å². The number of piperidine rings is 1. The Bertz CT molecular complexity index is 1090. The van der Waals surface area contributed by atoms with Gasteiger partial charge in [0.2, 0.25) is 0 Å². The first kappa shape index (κ1) is 21.0. The van der Waals surface area contributed by atoms with Crippen LogP contribution in [-0.4, -0.2) is 71.3 Å². The van der Waals surface area contributed by atoms with Crippen molar-refractivity contribution in [1.82, 2.24) is 30.4 Å². The van der Waals surface area contributed by atoms with Gasteiger partial charge < -0.3 is 25.6 Å². The molecule has 5 rings (SSSR count). The Morgan fingerprint density at radius 3 is 2.59 bits per heavy atom. The van der Waals surface area contributed by atoms with Crippen LogP contribution in [0.4, 0.5) is 11.5 Å². The van der Waals surface area contributed by atoms with E-state index in [4.69, 9.17) is 32.0 Å². The van der Waals surface area contributed by atoms with Gasteiger partial charge in [0.1, 0.15) is 5.82 Å². The van der Waals surface area contributed by atoms with Crippen LogP contribution in [0, 0.1) is 0 Å². The third kappa shape index (κ3) is 4.25. The maximum Gasteiger partial charge on any atom is 0.170 e. The molecule has 0 saturated carbocycles. The number of thiocarbonyl (C=S) groups is 1. The molecular weight excluding hydrogens is 424 g/mol. The lowest BCUT2D eigenvalue weighted by Gasteiger charge is -2.28. The zero-order valence-corrected chi connectivity index (χ0v) is 19.0. The molecule has 0 radical (unpaired) electrons. The van der Waals surface area contributed by atoms with Gasteiger partial charge in [0.05, 0.1) is 30.8 Å². The summed E-state index contributed by atoms with van der Waals surface area (Å²) >= 11 is 5.20. The molecule has 1 aromatic carbocycles. The second-order valence-corrected chi connectivity index (χ2v) is 8.47. The van der Waals surface area contributed by atoms with E-state index in [1.807, 2.05) is 30.5 Å². The summed E-state index contributed by atoms with van der Waals surface area (Å²) in [6.07, 6.45) is 4.03. The third-order valence-electron chi connectivity index (χ3n) is 6.03. The summed E-state index contributed by atoms with van der Waals surface area (Å²) < 4.78 is 7.67. The molecule has 4 heterocycles. The van der Waals surface area contributed by atoms with Gasteiger partial charge in [-0.05, 0) is 62.4 Å². The molecule has 0 aliphatic carbocycles. The van der Waals surface area contributed by atoms with Crippen LogP contribution >= 0.6 is 12.2 Å². The molecule has 2 aliphatic heterocycles. The predicted molar refractivity (Wildman–Crippen MR) is 130 cm³/mol. The smallest absolute Gasteiger partial charge is 0.170 e. The minimum Gasteiger partial charge on any atom is -0.378 e. The average molecular weight is 453 g/mol. The summed E-state index contributed by atoms with van der Waals surface area (Å²) in [6.45, 7) is 5.04. The van der Waals surface area contributed by atoms with Crippen molar-refractivity contribution in [1.29, 1.82) is 0 Å². The lowest BCUT2D eigenvalue weighted by Crippen LogP contribution is -2.37. The van der Waals surface area contributed by atoms with Crippen molar-refractivity contribution in [3.63, 3.8) is 0 Å². The number of hydrogen-bond donors (Lipinski definition) is 3. The Kier molecular flexibility index (Phi) is 6.15. The third-order valence-corrected chi connectivity index (χ3v) is 6.33. The molecule has 10 heteroatoms. The second-order valence-electron chi connectivity index (χ2n) is 8.06. The fourth-order valence-electron chi connectivity index (χ4n) is 4.27. The van der Waals surface area contributed by atoms with Crippen LogP contribution in [0.15, 0.2) is 30.5 Å². The van der Waals surface area contributed by atoms with E-state index in [1.54, 1.807) is 7.05 Å². The molecule has 0 bridgehead atoms. The number of aromatic nitrogens is 4. The lowest BCUT2D eigenvalue weighted by molar-refractivity contribution is 0.122. The SMILES string of the molecule is CNC(=S)Nc1ccc(-c2nc(N3CCOCC3)c3cnn(C4CCNCC4)c3n2)cc1. The van der Waals surface area contributed by atoms with Gasteiger partial charge in [-0.1, -0.05) is 0 Å². The molecule has 3 N–H and O–H groups in total. The Labute approximate surface area is 192 Å². The Morgan fingerprint density at radius 1 is 1.12 bits per heavy atom. The summed E-state index contributed by atoms with van der Waals surface area (Å²) in [7, 11) is 1.80. The summed E-state index contributed by atoms with van der Waals surface area (Å²) in [5.74, 6) is 1.64. The summed E-state index contributed by atoms with van der Waals surface area (Å²) in [4.78, 5) is 12.3. The largest absolute Gasteiger partial charge is 0.378 e. The number of ether oxygens (including phenoxy) is 1. The highest BCUT2D eigenvalue weighted by Gasteiger charge is 2.24.